The molecule has 0 fully saturated rings. The Bertz CT molecular complexity index is 654. The van der Waals surface area contributed by atoms with Crippen molar-refractivity contribution in [1.82, 2.24) is 4.98 Å². The second-order valence-electron chi connectivity index (χ2n) is 7.13. The highest BCUT2D eigenvalue weighted by molar-refractivity contribution is 5.98. The molecule has 0 saturated heterocycles. The van der Waals surface area contributed by atoms with E-state index in [2.05, 4.69) is 11.9 Å². The molecule has 1 aliphatic carbocycles. The zero-order valence-corrected chi connectivity index (χ0v) is 18.5. The quantitative estimate of drug-likeness (QED) is 0.372. The molecule has 5 heteroatoms. The minimum atomic E-state index is -0.410. The largest absolute Gasteiger partial charge is 0.491 e. The minimum Gasteiger partial charge on any atom is -0.491 e. The fourth-order valence-corrected chi connectivity index (χ4v) is 3.78. The second kappa shape index (κ2) is 12.5. The van der Waals surface area contributed by atoms with E-state index in [0.29, 0.717) is 29.3 Å². The minimum absolute atomic E-state index is 0.0263. The van der Waals surface area contributed by atoms with Gasteiger partial charge in [0.25, 0.3) is 0 Å². The summed E-state index contributed by atoms with van der Waals surface area (Å²) in [5.74, 6) is 0.657. The number of ketones is 1. The molecule has 1 aromatic rings. The van der Waals surface area contributed by atoms with Crippen LogP contribution in [0.3, 0.4) is 0 Å². The van der Waals surface area contributed by atoms with Crippen LogP contribution in [0, 0.1) is 6.92 Å². The Labute approximate surface area is 170 Å². The topological polar surface area (TPSA) is 65.5 Å². The lowest BCUT2D eigenvalue weighted by Crippen LogP contribution is -2.21. The molecule has 5 nitrogen and oxygen atoms in total. The van der Waals surface area contributed by atoms with E-state index in [1.54, 1.807) is 6.92 Å². The Kier molecular flexibility index (Phi) is 10.8. The number of Topliss-reactive ketones (excluding diaryl/α,β-unsaturated/α-hetero) is 1. The molecule has 1 atom stereocenters. The SMILES string of the molecule is CC.CCCCCCCC[C@@H]1CCC(=O)c2nc(C)c(OC)c(OC(C)=O)c21. The van der Waals surface area contributed by atoms with Crippen molar-refractivity contribution in [2.75, 3.05) is 7.11 Å². The average Bonchev–Trinajstić information content (AvgIpc) is 2.67. The third-order valence-electron chi connectivity index (χ3n) is 5.06. The van der Waals surface area contributed by atoms with E-state index in [4.69, 9.17) is 9.47 Å². The first-order chi connectivity index (χ1) is 13.5. The van der Waals surface area contributed by atoms with Crippen LogP contribution in [0.25, 0.3) is 0 Å². The summed E-state index contributed by atoms with van der Waals surface area (Å²) in [7, 11) is 1.54. The van der Waals surface area contributed by atoms with Crippen molar-refractivity contribution in [1.29, 1.82) is 0 Å². The molecule has 2 rings (SSSR count). The van der Waals surface area contributed by atoms with Gasteiger partial charge in [-0.25, -0.2) is 4.98 Å². The highest BCUT2D eigenvalue weighted by Gasteiger charge is 2.33. The summed E-state index contributed by atoms with van der Waals surface area (Å²) < 4.78 is 10.9. The number of pyridine rings is 1. The van der Waals surface area contributed by atoms with Gasteiger partial charge in [0.1, 0.15) is 5.69 Å². The standard InChI is InChI=1S/C21H31NO4.C2H6/c1-5-6-7-8-9-10-11-16-12-13-17(24)19-18(16)21(26-15(3)23)20(25-4)14(2)22-19;1-2/h16H,5-13H2,1-4H3;1-2H3/t16-;/m1./s1. The van der Waals surface area contributed by atoms with Crippen molar-refractivity contribution < 1.29 is 19.1 Å². The van der Waals surface area contributed by atoms with Gasteiger partial charge >= 0.3 is 5.97 Å². The van der Waals surface area contributed by atoms with Gasteiger partial charge in [0.05, 0.1) is 12.8 Å². The van der Waals surface area contributed by atoms with E-state index in [1.807, 2.05) is 13.8 Å². The van der Waals surface area contributed by atoms with Crippen molar-refractivity contribution in [3.05, 3.63) is 17.0 Å². The van der Waals surface area contributed by atoms with Crippen molar-refractivity contribution in [3.63, 3.8) is 0 Å². The molecule has 158 valence electrons. The Morgan fingerprint density at radius 1 is 1.11 bits per heavy atom. The van der Waals surface area contributed by atoms with E-state index in [9.17, 15) is 9.59 Å². The lowest BCUT2D eigenvalue weighted by atomic mass is 9.80. The first-order valence-electron chi connectivity index (χ1n) is 10.8. The first kappa shape index (κ1) is 24.1. The number of carbonyl (C=O) groups excluding carboxylic acids is 2. The molecule has 0 radical (unpaired) electrons. The molecular weight excluding hydrogens is 354 g/mol. The fraction of sp³-hybridized carbons (Fsp3) is 0.696. The van der Waals surface area contributed by atoms with E-state index in [-0.39, 0.29) is 11.7 Å². The summed E-state index contributed by atoms with van der Waals surface area (Å²) in [6.07, 6.45) is 9.63. The molecule has 28 heavy (non-hydrogen) atoms. The van der Waals surface area contributed by atoms with Gasteiger partial charge in [0, 0.05) is 18.9 Å². The third-order valence-corrected chi connectivity index (χ3v) is 5.06. The number of hydrogen-bond acceptors (Lipinski definition) is 5. The van der Waals surface area contributed by atoms with Crippen LogP contribution >= 0.6 is 0 Å². The van der Waals surface area contributed by atoms with E-state index in [1.165, 1.54) is 46.1 Å². The molecule has 0 saturated carbocycles. The van der Waals surface area contributed by atoms with Gasteiger partial charge < -0.3 is 9.47 Å². The average molecular weight is 392 g/mol. The van der Waals surface area contributed by atoms with E-state index in [0.717, 1.165) is 24.8 Å². The maximum absolute atomic E-state index is 12.4. The van der Waals surface area contributed by atoms with Gasteiger partial charge in [-0.1, -0.05) is 59.3 Å². The molecule has 0 aromatic carbocycles. The van der Waals surface area contributed by atoms with Crippen LogP contribution in [0.5, 0.6) is 11.5 Å². The number of rotatable bonds is 9. The highest BCUT2D eigenvalue weighted by Crippen LogP contribution is 2.45. The molecule has 0 bridgehead atoms. The summed E-state index contributed by atoms with van der Waals surface area (Å²) in [4.78, 5) is 28.6. The van der Waals surface area contributed by atoms with Crippen molar-refractivity contribution >= 4 is 11.8 Å². The van der Waals surface area contributed by atoms with Crippen molar-refractivity contribution in [3.8, 4) is 11.5 Å². The number of unbranched alkanes of at least 4 members (excludes halogenated alkanes) is 5. The van der Waals surface area contributed by atoms with Gasteiger partial charge in [-0.15, -0.1) is 0 Å². The Balaban J connectivity index is 0.00000190. The van der Waals surface area contributed by atoms with Gasteiger partial charge in [-0.3, -0.25) is 9.59 Å². The van der Waals surface area contributed by atoms with E-state index >= 15 is 0 Å². The maximum Gasteiger partial charge on any atom is 0.308 e. The number of aromatic nitrogens is 1. The molecule has 0 aliphatic heterocycles. The van der Waals surface area contributed by atoms with E-state index < -0.39 is 5.97 Å². The predicted molar refractivity (Wildman–Crippen MR) is 112 cm³/mol. The normalized spacial score (nSPS) is 15.4. The molecule has 1 aliphatic rings. The summed E-state index contributed by atoms with van der Waals surface area (Å²) in [6, 6.07) is 0. The zero-order chi connectivity index (χ0) is 21.1. The molecule has 0 spiro atoms. The zero-order valence-electron chi connectivity index (χ0n) is 18.5. The lowest BCUT2D eigenvalue weighted by Gasteiger charge is -2.27. The molecule has 1 aromatic heterocycles. The highest BCUT2D eigenvalue weighted by atomic mass is 16.6. The van der Waals surface area contributed by atoms with Crippen LogP contribution < -0.4 is 9.47 Å². The fourth-order valence-electron chi connectivity index (χ4n) is 3.78. The third kappa shape index (κ3) is 6.32. The molecule has 0 amide bonds. The summed E-state index contributed by atoms with van der Waals surface area (Å²) in [5, 5.41) is 0. The maximum atomic E-state index is 12.4. The number of esters is 1. The lowest BCUT2D eigenvalue weighted by molar-refractivity contribution is -0.132. The Hall–Kier alpha value is -1.91. The van der Waals surface area contributed by atoms with Crippen LogP contribution in [-0.4, -0.2) is 23.8 Å². The Morgan fingerprint density at radius 2 is 1.75 bits per heavy atom. The molecule has 0 N–H and O–H groups in total. The molecule has 1 heterocycles. The number of nitrogens with zero attached hydrogens (tertiary/aromatic N) is 1. The molecular formula is C23H37NO4. The number of carbonyl (C=O) groups is 2. The van der Waals surface area contributed by atoms with Crippen LogP contribution in [0.15, 0.2) is 0 Å². The van der Waals surface area contributed by atoms with Gasteiger partial charge in [-0.2, -0.15) is 0 Å². The van der Waals surface area contributed by atoms with Gasteiger partial charge in [-0.05, 0) is 25.7 Å². The predicted octanol–water partition coefficient (Wildman–Crippen LogP) is 6.16. The van der Waals surface area contributed by atoms with Crippen LogP contribution in [0.2, 0.25) is 0 Å². The molecule has 0 unspecified atom stereocenters. The number of fused-ring (bicyclic) bond motifs is 1. The van der Waals surface area contributed by atoms with Gasteiger partial charge in [0.2, 0.25) is 0 Å². The number of methoxy groups -OCH3 is 1. The van der Waals surface area contributed by atoms with Crippen molar-refractivity contribution in [2.45, 2.75) is 98.3 Å². The monoisotopic (exact) mass is 391 g/mol. The number of hydrogen-bond donors (Lipinski definition) is 0. The van der Waals surface area contributed by atoms with Crippen LogP contribution in [0.1, 0.15) is 113 Å². The summed E-state index contributed by atoms with van der Waals surface area (Å²) in [6.45, 7) is 9.36. The Morgan fingerprint density at radius 3 is 2.36 bits per heavy atom. The smallest absolute Gasteiger partial charge is 0.308 e. The number of ether oxygens (including phenoxy) is 2. The second-order valence-corrected chi connectivity index (χ2v) is 7.13. The van der Waals surface area contributed by atoms with Crippen LogP contribution in [0.4, 0.5) is 0 Å². The first-order valence-corrected chi connectivity index (χ1v) is 10.8. The summed E-state index contributed by atoms with van der Waals surface area (Å²) in [5.41, 5.74) is 1.81. The summed E-state index contributed by atoms with van der Waals surface area (Å²) >= 11 is 0. The number of aryl methyl sites for hydroxylation is 1. The van der Waals surface area contributed by atoms with Gasteiger partial charge in [0.15, 0.2) is 17.3 Å². The van der Waals surface area contributed by atoms with Crippen molar-refractivity contribution in [2.24, 2.45) is 0 Å². The van der Waals surface area contributed by atoms with Crippen LogP contribution in [-0.2, 0) is 4.79 Å².